The number of nitrogens with zero attached hydrogens (tertiary/aromatic N) is 1. The lowest BCUT2D eigenvalue weighted by molar-refractivity contribution is -0.114. The Morgan fingerprint density at radius 1 is 1.22 bits per heavy atom. The number of benzene rings is 1. The third-order valence-corrected chi connectivity index (χ3v) is 6.63. The van der Waals surface area contributed by atoms with E-state index in [2.05, 4.69) is 15.3 Å². The Kier molecular flexibility index (Phi) is 5.51. The van der Waals surface area contributed by atoms with Crippen LogP contribution in [0.2, 0.25) is 0 Å². The van der Waals surface area contributed by atoms with Crippen LogP contribution in [0.3, 0.4) is 0 Å². The number of Topliss-reactive ketones (excluding diaryl/α,β-unsaturated/α-hetero) is 1. The van der Waals surface area contributed by atoms with E-state index in [1.807, 2.05) is 49.4 Å². The number of H-pyrrole nitrogens is 1. The molecule has 1 aromatic carbocycles. The van der Waals surface area contributed by atoms with Crippen LogP contribution in [0.1, 0.15) is 61.3 Å². The maximum Gasteiger partial charge on any atom is 0.222 e. The molecular formula is C26H29N3O3. The predicted molar refractivity (Wildman–Crippen MR) is 125 cm³/mol. The number of rotatable bonds is 5. The molecule has 6 nitrogen and oxygen atoms in total. The van der Waals surface area contributed by atoms with Crippen LogP contribution >= 0.6 is 0 Å². The van der Waals surface area contributed by atoms with Crippen LogP contribution in [0.25, 0.3) is 11.3 Å². The maximum atomic E-state index is 13.4. The number of aromatic nitrogens is 2. The van der Waals surface area contributed by atoms with Crippen molar-refractivity contribution in [3.8, 4) is 11.3 Å². The molecule has 3 aromatic rings. The maximum absolute atomic E-state index is 13.4. The molecule has 4 rings (SSSR count). The molecule has 3 N–H and O–H groups in total. The summed E-state index contributed by atoms with van der Waals surface area (Å²) in [4.78, 5) is 32.7. The Balaban J connectivity index is 1.86. The number of carbonyl (C=O) groups is 2. The van der Waals surface area contributed by atoms with Crippen LogP contribution in [0, 0.1) is 5.41 Å². The van der Waals surface area contributed by atoms with Gasteiger partial charge in [-0.2, -0.15) is 0 Å². The number of aliphatic hydroxyl groups is 1. The molecule has 0 bridgehead atoms. The molecule has 6 heteroatoms. The SMILES string of the molecule is CC(=O)Nc1cc(-c2[nH]c3c(c2Cc2ccccc2)C(=O)CC(C)(C(C)(C)O)C3)ccn1. The molecule has 166 valence electrons. The van der Waals surface area contributed by atoms with Crippen LogP contribution in [-0.4, -0.2) is 32.4 Å². The molecule has 0 spiro atoms. The fourth-order valence-electron chi connectivity index (χ4n) is 4.45. The summed E-state index contributed by atoms with van der Waals surface area (Å²) in [6.45, 7) is 6.94. The molecule has 1 unspecified atom stereocenters. The minimum atomic E-state index is -1.000. The number of carbonyl (C=O) groups excluding carboxylic acids is 2. The molecule has 2 heterocycles. The standard InChI is InChI=1S/C26H29N3O3/c1-16(30)28-22-13-18(10-11-27-22)24-19(12-17-8-6-5-7-9-17)23-20(29-24)14-26(4,15-21(23)31)25(2,3)32/h5-11,13,29,32H,12,14-15H2,1-4H3,(H,27,28,30). The van der Waals surface area contributed by atoms with Crippen molar-refractivity contribution in [2.24, 2.45) is 5.41 Å². The smallest absolute Gasteiger partial charge is 0.222 e. The van der Waals surface area contributed by atoms with E-state index < -0.39 is 11.0 Å². The van der Waals surface area contributed by atoms with Crippen LogP contribution in [0.5, 0.6) is 0 Å². The molecule has 0 radical (unpaired) electrons. The third-order valence-electron chi connectivity index (χ3n) is 6.63. The van der Waals surface area contributed by atoms with Crippen molar-refractivity contribution < 1.29 is 14.7 Å². The second-order valence-electron chi connectivity index (χ2n) is 9.50. The monoisotopic (exact) mass is 431 g/mol. The van der Waals surface area contributed by atoms with Crippen molar-refractivity contribution in [2.75, 3.05) is 5.32 Å². The van der Waals surface area contributed by atoms with Crippen LogP contribution < -0.4 is 5.32 Å². The summed E-state index contributed by atoms with van der Waals surface area (Å²) in [5, 5.41) is 13.5. The molecule has 1 aliphatic carbocycles. The van der Waals surface area contributed by atoms with Gasteiger partial charge in [-0.05, 0) is 43.5 Å². The number of pyridine rings is 1. The molecule has 0 aliphatic heterocycles. The largest absolute Gasteiger partial charge is 0.390 e. The molecule has 2 aromatic heterocycles. The van der Waals surface area contributed by atoms with E-state index in [0.717, 1.165) is 33.6 Å². The van der Waals surface area contributed by atoms with Gasteiger partial charge in [0.1, 0.15) is 5.82 Å². The van der Waals surface area contributed by atoms with Gasteiger partial charge in [0.25, 0.3) is 0 Å². The van der Waals surface area contributed by atoms with Crippen molar-refractivity contribution in [1.29, 1.82) is 0 Å². The lowest BCUT2D eigenvalue weighted by Crippen LogP contribution is -2.46. The summed E-state index contributed by atoms with van der Waals surface area (Å²) in [6, 6.07) is 13.7. The van der Waals surface area contributed by atoms with Crippen molar-refractivity contribution in [3.63, 3.8) is 0 Å². The van der Waals surface area contributed by atoms with Crippen molar-refractivity contribution >= 4 is 17.5 Å². The highest BCUT2D eigenvalue weighted by molar-refractivity contribution is 6.02. The molecule has 32 heavy (non-hydrogen) atoms. The molecule has 0 saturated carbocycles. The second kappa shape index (κ2) is 8.02. The first-order chi connectivity index (χ1) is 15.1. The quantitative estimate of drug-likeness (QED) is 0.553. The Hall–Kier alpha value is -3.25. The van der Waals surface area contributed by atoms with Gasteiger partial charge in [-0.25, -0.2) is 4.98 Å². The Labute approximate surface area is 188 Å². The van der Waals surface area contributed by atoms with Gasteiger partial charge in [0.2, 0.25) is 5.91 Å². The molecule has 0 fully saturated rings. The number of hydrogen-bond donors (Lipinski definition) is 3. The van der Waals surface area contributed by atoms with E-state index >= 15 is 0 Å². The summed E-state index contributed by atoms with van der Waals surface area (Å²) < 4.78 is 0. The molecule has 1 atom stereocenters. The van der Waals surface area contributed by atoms with E-state index in [-0.39, 0.29) is 18.1 Å². The highest BCUT2D eigenvalue weighted by atomic mass is 16.3. The zero-order valence-electron chi connectivity index (χ0n) is 19.0. The molecular weight excluding hydrogens is 402 g/mol. The van der Waals surface area contributed by atoms with Gasteiger partial charge in [-0.15, -0.1) is 0 Å². The van der Waals surface area contributed by atoms with E-state index in [4.69, 9.17) is 0 Å². The first kappa shape index (κ1) is 22.0. The number of aromatic amines is 1. The Morgan fingerprint density at radius 2 is 1.94 bits per heavy atom. The first-order valence-electron chi connectivity index (χ1n) is 10.8. The number of amides is 1. The number of hydrogen-bond acceptors (Lipinski definition) is 4. The van der Waals surface area contributed by atoms with Gasteiger partial charge < -0.3 is 15.4 Å². The van der Waals surface area contributed by atoms with Gasteiger partial charge in [0, 0.05) is 48.2 Å². The van der Waals surface area contributed by atoms with Crippen LogP contribution in [-0.2, 0) is 17.6 Å². The third kappa shape index (κ3) is 4.10. The number of fused-ring (bicyclic) bond motifs is 1. The lowest BCUT2D eigenvalue weighted by Gasteiger charge is -2.42. The fraction of sp³-hybridized carbons (Fsp3) is 0.346. The van der Waals surface area contributed by atoms with E-state index in [1.54, 1.807) is 20.0 Å². The van der Waals surface area contributed by atoms with Crippen molar-refractivity contribution in [1.82, 2.24) is 9.97 Å². The van der Waals surface area contributed by atoms with Gasteiger partial charge in [-0.3, -0.25) is 9.59 Å². The summed E-state index contributed by atoms with van der Waals surface area (Å²) >= 11 is 0. The number of ketones is 1. The highest BCUT2D eigenvalue weighted by Gasteiger charge is 2.46. The van der Waals surface area contributed by atoms with Gasteiger partial charge in [0.15, 0.2) is 5.78 Å². The predicted octanol–water partition coefficient (Wildman–Crippen LogP) is 4.53. The minimum Gasteiger partial charge on any atom is -0.390 e. The topological polar surface area (TPSA) is 95.1 Å². The number of anilines is 1. The van der Waals surface area contributed by atoms with Gasteiger partial charge in [-0.1, -0.05) is 37.3 Å². The van der Waals surface area contributed by atoms with E-state index in [9.17, 15) is 14.7 Å². The average molecular weight is 432 g/mol. The summed E-state index contributed by atoms with van der Waals surface area (Å²) in [7, 11) is 0. The lowest BCUT2D eigenvalue weighted by atomic mass is 9.65. The number of nitrogens with one attached hydrogen (secondary N) is 2. The van der Waals surface area contributed by atoms with Gasteiger partial charge in [0.05, 0.1) is 11.3 Å². The fourth-order valence-corrected chi connectivity index (χ4v) is 4.45. The average Bonchev–Trinajstić information content (AvgIpc) is 3.06. The molecule has 1 amide bonds. The highest BCUT2D eigenvalue weighted by Crippen LogP contribution is 2.45. The van der Waals surface area contributed by atoms with Crippen LogP contribution in [0.4, 0.5) is 5.82 Å². The van der Waals surface area contributed by atoms with Crippen molar-refractivity contribution in [2.45, 2.75) is 52.6 Å². The zero-order chi connectivity index (χ0) is 23.1. The Morgan fingerprint density at radius 3 is 2.59 bits per heavy atom. The first-order valence-corrected chi connectivity index (χ1v) is 10.8. The molecule has 1 aliphatic rings. The Bertz CT molecular complexity index is 1170. The minimum absolute atomic E-state index is 0.0421. The zero-order valence-corrected chi connectivity index (χ0v) is 19.0. The van der Waals surface area contributed by atoms with Crippen molar-refractivity contribution in [3.05, 3.63) is 71.0 Å². The van der Waals surface area contributed by atoms with E-state index in [0.29, 0.717) is 18.7 Å². The summed E-state index contributed by atoms with van der Waals surface area (Å²) in [5.41, 5.74) is 3.75. The second-order valence-corrected chi connectivity index (χ2v) is 9.50. The summed E-state index contributed by atoms with van der Waals surface area (Å²) in [5.74, 6) is 0.308. The van der Waals surface area contributed by atoms with E-state index in [1.165, 1.54) is 6.92 Å². The molecule has 0 saturated heterocycles. The normalized spacial score (nSPS) is 18.3. The van der Waals surface area contributed by atoms with Crippen LogP contribution in [0.15, 0.2) is 48.7 Å². The van der Waals surface area contributed by atoms with Gasteiger partial charge >= 0.3 is 0 Å². The summed E-state index contributed by atoms with van der Waals surface area (Å²) in [6.07, 6.45) is 3.11.